The summed E-state index contributed by atoms with van der Waals surface area (Å²) in [5, 5.41) is 8.63. The Morgan fingerprint density at radius 1 is 1.41 bits per heavy atom. The van der Waals surface area contributed by atoms with Gasteiger partial charge in [0.25, 0.3) is 5.78 Å². The molecule has 0 saturated carbocycles. The highest BCUT2D eigenvalue weighted by Gasteiger charge is 2.31. The number of ketones is 2. The van der Waals surface area contributed by atoms with E-state index in [9.17, 15) is 14.4 Å². The zero-order chi connectivity index (χ0) is 13.0. The van der Waals surface area contributed by atoms with Gasteiger partial charge in [-0.3, -0.25) is 9.59 Å². The van der Waals surface area contributed by atoms with Gasteiger partial charge in [-0.25, -0.2) is 4.79 Å². The van der Waals surface area contributed by atoms with E-state index >= 15 is 0 Å². The van der Waals surface area contributed by atoms with Crippen LogP contribution < -0.4 is 0 Å². The molecule has 4 nitrogen and oxygen atoms in total. The van der Waals surface area contributed by atoms with Crippen LogP contribution in [-0.2, 0) is 9.59 Å². The number of Topliss-reactive ketones (excluding diaryl/α,β-unsaturated/α-hetero) is 2. The van der Waals surface area contributed by atoms with Crippen LogP contribution in [0.5, 0.6) is 0 Å². The maximum atomic E-state index is 12.0. The summed E-state index contributed by atoms with van der Waals surface area (Å²) in [7, 11) is 0. The Bertz CT molecular complexity index is 450. The van der Waals surface area contributed by atoms with Crippen LogP contribution in [0.3, 0.4) is 0 Å². The normalized spacial score (nSPS) is 12.1. The van der Waals surface area contributed by atoms with Gasteiger partial charge >= 0.3 is 5.97 Å². The van der Waals surface area contributed by atoms with Crippen LogP contribution in [0.15, 0.2) is 16.3 Å². The van der Waals surface area contributed by atoms with Crippen LogP contribution in [0.4, 0.5) is 0 Å². The highest BCUT2D eigenvalue weighted by molar-refractivity contribution is 8.00. The number of carboxylic acid groups (broad SMARTS) is 1. The van der Waals surface area contributed by atoms with Crippen molar-refractivity contribution in [3.8, 4) is 0 Å². The number of hydrogen-bond donors (Lipinski definition) is 1. The molecule has 92 valence electrons. The molecule has 0 fully saturated rings. The van der Waals surface area contributed by atoms with Crippen LogP contribution >= 0.6 is 23.1 Å². The van der Waals surface area contributed by atoms with Crippen molar-refractivity contribution >= 4 is 40.6 Å². The van der Waals surface area contributed by atoms with Crippen molar-refractivity contribution in [2.24, 2.45) is 5.92 Å². The molecule has 1 aromatic heterocycles. The third-order valence-electron chi connectivity index (χ3n) is 2.28. The summed E-state index contributed by atoms with van der Waals surface area (Å²) < 4.78 is 0.964. The third-order valence-corrected chi connectivity index (χ3v) is 4.46. The Kier molecular flexibility index (Phi) is 4.89. The summed E-state index contributed by atoms with van der Waals surface area (Å²) in [4.78, 5) is 34.3. The Morgan fingerprint density at radius 3 is 2.47 bits per heavy atom. The second-order valence-corrected chi connectivity index (χ2v) is 5.51. The van der Waals surface area contributed by atoms with E-state index in [1.54, 1.807) is 19.1 Å². The van der Waals surface area contributed by atoms with Gasteiger partial charge in [-0.1, -0.05) is 6.92 Å². The van der Waals surface area contributed by atoms with E-state index in [1.807, 2.05) is 6.26 Å². The lowest BCUT2D eigenvalue weighted by Crippen LogP contribution is -2.29. The molecule has 0 radical (unpaired) electrons. The molecule has 0 bridgehead atoms. The van der Waals surface area contributed by atoms with E-state index in [4.69, 9.17) is 5.11 Å². The van der Waals surface area contributed by atoms with Crippen molar-refractivity contribution in [2.45, 2.75) is 17.6 Å². The topological polar surface area (TPSA) is 71.4 Å². The number of rotatable bonds is 6. The monoisotopic (exact) mass is 272 g/mol. The van der Waals surface area contributed by atoms with Gasteiger partial charge in [0.05, 0.1) is 15.0 Å². The van der Waals surface area contributed by atoms with E-state index in [-0.39, 0.29) is 6.42 Å². The zero-order valence-electron chi connectivity index (χ0n) is 9.43. The van der Waals surface area contributed by atoms with Gasteiger partial charge in [-0.15, -0.1) is 23.1 Å². The van der Waals surface area contributed by atoms with Gasteiger partial charge in [0.15, 0.2) is 5.78 Å². The fourth-order valence-electron chi connectivity index (χ4n) is 1.37. The molecule has 17 heavy (non-hydrogen) atoms. The van der Waals surface area contributed by atoms with Crippen molar-refractivity contribution in [1.82, 2.24) is 0 Å². The minimum absolute atomic E-state index is 0.205. The summed E-state index contributed by atoms with van der Waals surface area (Å²) in [6.45, 7) is 1.63. The summed E-state index contributed by atoms with van der Waals surface area (Å²) in [6.07, 6.45) is 2.09. The molecule has 0 spiro atoms. The molecule has 1 unspecified atom stereocenters. The lowest BCUT2D eigenvalue weighted by Gasteiger charge is -2.07. The van der Waals surface area contributed by atoms with Crippen molar-refractivity contribution < 1.29 is 19.5 Å². The Morgan fingerprint density at radius 2 is 2.06 bits per heavy atom. The molecular weight excluding hydrogens is 260 g/mol. The fraction of sp³-hybridized carbons (Fsp3) is 0.364. The summed E-state index contributed by atoms with van der Waals surface area (Å²) in [5.74, 6) is -4.05. The molecule has 0 aliphatic heterocycles. The molecule has 0 aliphatic rings. The van der Waals surface area contributed by atoms with Gasteiger partial charge in [-0.2, -0.15) is 0 Å². The lowest BCUT2D eigenvalue weighted by molar-refractivity contribution is -0.150. The van der Waals surface area contributed by atoms with Gasteiger partial charge in [-0.05, 0) is 24.8 Å². The second-order valence-electron chi connectivity index (χ2n) is 3.32. The summed E-state index contributed by atoms with van der Waals surface area (Å²) in [6, 6.07) is 3.43. The number of aliphatic carboxylic acids is 1. The van der Waals surface area contributed by atoms with E-state index < -0.39 is 23.5 Å². The fourth-order valence-corrected chi connectivity index (χ4v) is 2.91. The Labute approximate surface area is 107 Å². The van der Waals surface area contributed by atoms with E-state index in [2.05, 4.69) is 0 Å². The molecule has 1 heterocycles. The largest absolute Gasteiger partial charge is 0.475 e. The molecule has 1 aromatic rings. The molecule has 0 saturated heterocycles. The summed E-state index contributed by atoms with van der Waals surface area (Å²) in [5.41, 5.74) is 0. The Balaban J connectivity index is 2.93. The van der Waals surface area contributed by atoms with Gasteiger partial charge in [0.2, 0.25) is 0 Å². The predicted molar refractivity (Wildman–Crippen MR) is 66.9 cm³/mol. The average molecular weight is 272 g/mol. The van der Waals surface area contributed by atoms with Gasteiger partial charge in [0, 0.05) is 0 Å². The first kappa shape index (κ1) is 13.9. The molecule has 1 atom stereocenters. The minimum atomic E-state index is -1.55. The van der Waals surface area contributed by atoms with E-state index in [0.29, 0.717) is 4.88 Å². The molecule has 0 amide bonds. The molecule has 0 aromatic carbocycles. The van der Waals surface area contributed by atoms with E-state index in [1.165, 1.54) is 23.1 Å². The first-order valence-corrected chi connectivity index (χ1v) is 7.00. The maximum absolute atomic E-state index is 12.0. The lowest BCUT2D eigenvalue weighted by atomic mass is 9.95. The van der Waals surface area contributed by atoms with Crippen LogP contribution in [0.2, 0.25) is 0 Å². The number of hydrogen-bond acceptors (Lipinski definition) is 5. The number of thioether (sulfide) groups is 1. The minimum Gasteiger partial charge on any atom is -0.475 e. The van der Waals surface area contributed by atoms with Crippen molar-refractivity contribution in [3.63, 3.8) is 0 Å². The van der Waals surface area contributed by atoms with Crippen LogP contribution in [-0.4, -0.2) is 28.9 Å². The summed E-state index contributed by atoms with van der Waals surface area (Å²) >= 11 is 2.79. The van der Waals surface area contributed by atoms with Gasteiger partial charge < -0.3 is 5.11 Å². The molecule has 1 N–H and O–H groups in total. The van der Waals surface area contributed by atoms with Crippen LogP contribution in [0.1, 0.15) is 23.0 Å². The number of carbonyl (C=O) groups excluding carboxylic acids is 2. The Hall–Kier alpha value is -1.14. The van der Waals surface area contributed by atoms with Crippen LogP contribution in [0.25, 0.3) is 0 Å². The van der Waals surface area contributed by atoms with Crippen molar-refractivity contribution in [2.75, 3.05) is 6.26 Å². The molecular formula is C11H12O4S2. The number of carbonyl (C=O) groups is 3. The first-order chi connectivity index (χ1) is 8.01. The number of carboxylic acids is 1. The first-order valence-electron chi connectivity index (χ1n) is 4.96. The van der Waals surface area contributed by atoms with Gasteiger partial charge in [0.1, 0.15) is 0 Å². The van der Waals surface area contributed by atoms with E-state index in [0.717, 1.165) is 4.21 Å². The second kappa shape index (κ2) is 5.97. The van der Waals surface area contributed by atoms with Crippen LogP contribution in [0, 0.1) is 5.92 Å². The zero-order valence-corrected chi connectivity index (χ0v) is 11.1. The highest BCUT2D eigenvalue weighted by atomic mass is 32.2. The van der Waals surface area contributed by atoms with Crippen molar-refractivity contribution in [3.05, 3.63) is 17.0 Å². The van der Waals surface area contributed by atoms with Crippen molar-refractivity contribution in [1.29, 1.82) is 0 Å². The SMILES string of the molecule is CCC(C(=O)C(=O)O)C(=O)c1ccc(SC)s1. The quantitative estimate of drug-likeness (QED) is 0.372. The standard InChI is InChI=1S/C11H12O4S2/c1-3-6(10(13)11(14)15)9(12)7-4-5-8(16-2)17-7/h4-6H,3H2,1-2H3,(H,14,15). The highest BCUT2D eigenvalue weighted by Crippen LogP contribution is 2.27. The third kappa shape index (κ3) is 3.17. The average Bonchev–Trinajstić information content (AvgIpc) is 2.77. The molecule has 1 rings (SSSR count). The molecule has 6 heteroatoms. The predicted octanol–water partition coefficient (Wildman–Crippen LogP) is 2.33. The maximum Gasteiger partial charge on any atom is 0.372 e. The molecule has 0 aliphatic carbocycles. The smallest absolute Gasteiger partial charge is 0.372 e. The number of thiophene rings is 1.